The van der Waals surface area contributed by atoms with Crippen molar-refractivity contribution in [3.8, 4) is 16.9 Å². The minimum Gasteiger partial charge on any atom is -0.332 e. The molecule has 0 fully saturated rings. The summed E-state index contributed by atoms with van der Waals surface area (Å²) in [6.07, 6.45) is -2.99. The van der Waals surface area contributed by atoms with Crippen LogP contribution < -0.4 is 0 Å². The van der Waals surface area contributed by atoms with E-state index < -0.39 is 18.6 Å². The Bertz CT molecular complexity index is 949. The standard InChI is InChI=1S/C20H18F3N3O/c1-14-7-6-8-15(11-14)18-17(19(27)25(2)13-20(21,22)23)12-26(24-18)16-9-4-3-5-10-16/h3-12H,13H2,1-2H3. The van der Waals surface area contributed by atoms with E-state index in [9.17, 15) is 18.0 Å². The summed E-state index contributed by atoms with van der Waals surface area (Å²) in [4.78, 5) is 13.4. The van der Waals surface area contributed by atoms with Crippen LogP contribution in [0.3, 0.4) is 0 Å². The summed E-state index contributed by atoms with van der Waals surface area (Å²) < 4.78 is 39.6. The predicted molar refractivity (Wildman–Crippen MR) is 96.8 cm³/mol. The average molecular weight is 373 g/mol. The first-order valence-corrected chi connectivity index (χ1v) is 8.29. The van der Waals surface area contributed by atoms with Crippen LogP contribution in [0.2, 0.25) is 0 Å². The number of carbonyl (C=O) groups is 1. The minimum atomic E-state index is -4.47. The van der Waals surface area contributed by atoms with Crippen molar-refractivity contribution in [3.63, 3.8) is 0 Å². The highest BCUT2D eigenvalue weighted by molar-refractivity contribution is 5.99. The molecule has 7 heteroatoms. The zero-order valence-electron chi connectivity index (χ0n) is 14.9. The lowest BCUT2D eigenvalue weighted by molar-refractivity contribution is -0.138. The van der Waals surface area contributed by atoms with E-state index in [0.29, 0.717) is 21.8 Å². The van der Waals surface area contributed by atoms with Crippen molar-refractivity contribution in [2.24, 2.45) is 0 Å². The lowest BCUT2D eigenvalue weighted by Crippen LogP contribution is -2.35. The number of alkyl halides is 3. The fourth-order valence-corrected chi connectivity index (χ4v) is 2.80. The van der Waals surface area contributed by atoms with Gasteiger partial charge in [0.1, 0.15) is 12.2 Å². The van der Waals surface area contributed by atoms with E-state index in [4.69, 9.17) is 0 Å². The van der Waals surface area contributed by atoms with Crippen LogP contribution in [-0.2, 0) is 0 Å². The van der Waals surface area contributed by atoms with E-state index in [2.05, 4.69) is 5.10 Å². The molecule has 4 nitrogen and oxygen atoms in total. The van der Waals surface area contributed by atoms with Crippen LogP contribution in [0, 0.1) is 6.92 Å². The third-order valence-electron chi connectivity index (χ3n) is 4.02. The Morgan fingerprint density at radius 1 is 1.11 bits per heavy atom. The minimum absolute atomic E-state index is 0.121. The van der Waals surface area contributed by atoms with Crippen LogP contribution >= 0.6 is 0 Å². The Balaban J connectivity index is 2.08. The highest BCUT2D eigenvalue weighted by Gasteiger charge is 2.33. The second-order valence-electron chi connectivity index (χ2n) is 6.32. The zero-order valence-corrected chi connectivity index (χ0v) is 14.9. The van der Waals surface area contributed by atoms with E-state index in [1.54, 1.807) is 18.2 Å². The second kappa shape index (κ2) is 7.26. The number of hydrogen-bond acceptors (Lipinski definition) is 2. The maximum absolute atomic E-state index is 12.7. The normalized spacial score (nSPS) is 11.4. The fourth-order valence-electron chi connectivity index (χ4n) is 2.80. The van der Waals surface area contributed by atoms with Gasteiger partial charge < -0.3 is 4.90 Å². The van der Waals surface area contributed by atoms with Crippen molar-refractivity contribution in [1.29, 1.82) is 0 Å². The number of para-hydroxylation sites is 1. The number of rotatable bonds is 4. The van der Waals surface area contributed by atoms with E-state index in [1.807, 2.05) is 43.3 Å². The number of carbonyl (C=O) groups excluding carboxylic acids is 1. The van der Waals surface area contributed by atoms with Crippen molar-refractivity contribution < 1.29 is 18.0 Å². The van der Waals surface area contributed by atoms with E-state index >= 15 is 0 Å². The number of aromatic nitrogens is 2. The number of halogens is 3. The van der Waals surface area contributed by atoms with Gasteiger partial charge in [0.05, 0.1) is 11.3 Å². The Morgan fingerprint density at radius 3 is 2.44 bits per heavy atom. The van der Waals surface area contributed by atoms with Crippen molar-refractivity contribution in [2.75, 3.05) is 13.6 Å². The first-order valence-electron chi connectivity index (χ1n) is 8.29. The lowest BCUT2D eigenvalue weighted by atomic mass is 10.1. The summed E-state index contributed by atoms with van der Waals surface area (Å²) in [5.41, 5.74) is 2.82. The number of amides is 1. The predicted octanol–water partition coefficient (Wildman–Crippen LogP) is 4.48. The summed E-state index contributed by atoms with van der Waals surface area (Å²) >= 11 is 0. The summed E-state index contributed by atoms with van der Waals surface area (Å²) in [5, 5.41) is 4.48. The molecule has 1 amide bonds. The molecule has 1 heterocycles. The van der Waals surface area contributed by atoms with Gasteiger partial charge in [-0.15, -0.1) is 0 Å². The van der Waals surface area contributed by atoms with Crippen molar-refractivity contribution >= 4 is 5.91 Å². The molecule has 0 spiro atoms. The molecule has 0 aliphatic carbocycles. The first-order chi connectivity index (χ1) is 12.7. The molecule has 0 unspecified atom stereocenters. The van der Waals surface area contributed by atoms with Crippen LogP contribution in [0.5, 0.6) is 0 Å². The molecule has 2 aromatic carbocycles. The molecular weight excluding hydrogens is 355 g/mol. The molecule has 0 atom stereocenters. The molecule has 0 N–H and O–H groups in total. The molecular formula is C20H18F3N3O. The van der Waals surface area contributed by atoms with Gasteiger partial charge in [-0.2, -0.15) is 18.3 Å². The van der Waals surface area contributed by atoms with Crippen LogP contribution in [0.4, 0.5) is 13.2 Å². The zero-order chi connectivity index (χ0) is 19.6. The molecule has 140 valence electrons. The summed E-state index contributed by atoms with van der Waals surface area (Å²) in [5.74, 6) is -0.731. The van der Waals surface area contributed by atoms with Gasteiger partial charge in [0.2, 0.25) is 0 Å². The smallest absolute Gasteiger partial charge is 0.332 e. The molecule has 0 saturated carbocycles. The fraction of sp³-hybridized carbons (Fsp3) is 0.200. The molecule has 0 aliphatic rings. The molecule has 27 heavy (non-hydrogen) atoms. The molecule has 0 aliphatic heterocycles. The van der Waals surface area contributed by atoms with Gasteiger partial charge in [0.25, 0.3) is 5.91 Å². The highest BCUT2D eigenvalue weighted by atomic mass is 19.4. The number of nitrogens with zero attached hydrogens (tertiary/aromatic N) is 3. The largest absolute Gasteiger partial charge is 0.406 e. The third kappa shape index (κ3) is 4.36. The van der Waals surface area contributed by atoms with E-state index in [0.717, 1.165) is 12.6 Å². The van der Waals surface area contributed by atoms with Crippen molar-refractivity contribution in [2.45, 2.75) is 13.1 Å². The van der Waals surface area contributed by atoms with Crippen LogP contribution in [0.25, 0.3) is 16.9 Å². The second-order valence-corrected chi connectivity index (χ2v) is 6.32. The highest BCUT2D eigenvalue weighted by Crippen LogP contribution is 2.26. The number of benzene rings is 2. The molecule has 3 aromatic rings. The van der Waals surface area contributed by atoms with Gasteiger partial charge in [0.15, 0.2) is 0 Å². The quantitative estimate of drug-likeness (QED) is 0.676. The average Bonchev–Trinajstić information content (AvgIpc) is 3.05. The summed E-state index contributed by atoms with van der Waals surface area (Å²) in [6, 6.07) is 16.4. The van der Waals surface area contributed by atoms with Gasteiger partial charge in [-0.1, -0.05) is 42.0 Å². The summed E-state index contributed by atoms with van der Waals surface area (Å²) in [6.45, 7) is 0.574. The number of hydrogen-bond donors (Lipinski definition) is 0. The van der Waals surface area contributed by atoms with Crippen molar-refractivity contribution in [3.05, 3.63) is 71.9 Å². The van der Waals surface area contributed by atoms with Gasteiger partial charge in [-0.3, -0.25) is 4.79 Å². The van der Waals surface area contributed by atoms with Gasteiger partial charge in [-0.25, -0.2) is 4.68 Å². The van der Waals surface area contributed by atoms with Gasteiger partial charge in [-0.05, 0) is 25.1 Å². The molecule has 3 rings (SSSR count). The SMILES string of the molecule is Cc1cccc(-c2nn(-c3ccccc3)cc2C(=O)N(C)CC(F)(F)F)c1. The Kier molecular flexibility index (Phi) is 5.03. The Hall–Kier alpha value is -3.09. The molecule has 0 saturated heterocycles. The molecule has 0 bridgehead atoms. The first kappa shape index (κ1) is 18.7. The van der Waals surface area contributed by atoms with E-state index in [1.165, 1.54) is 10.9 Å². The Labute approximate surface area is 154 Å². The molecule has 0 radical (unpaired) electrons. The van der Waals surface area contributed by atoms with E-state index in [-0.39, 0.29) is 5.56 Å². The van der Waals surface area contributed by atoms with Crippen LogP contribution in [0.1, 0.15) is 15.9 Å². The topological polar surface area (TPSA) is 38.1 Å². The summed E-state index contributed by atoms with van der Waals surface area (Å²) in [7, 11) is 1.13. The maximum Gasteiger partial charge on any atom is 0.406 e. The Morgan fingerprint density at radius 2 is 1.81 bits per heavy atom. The lowest BCUT2D eigenvalue weighted by Gasteiger charge is -2.18. The monoisotopic (exact) mass is 373 g/mol. The molecule has 1 aromatic heterocycles. The van der Waals surface area contributed by atoms with Gasteiger partial charge >= 0.3 is 6.18 Å². The maximum atomic E-state index is 12.7. The number of aryl methyl sites for hydroxylation is 1. The van der Waals surface area contributed by atoms with Crippen molar-refractivity contribution in [1.82, 2.24) is 14.7 Å². The van der Waals surface area contributed by atoms with Gasteiger partial charge in [0, 0.05) is 18.8 Å². The third-order valence-corrected chi connectivity index (χ3v) is 4.02. The van der Waals surface area contributed by atoms with Crippen LogP contribution in [0.15, 0.2) is 60.8 Å². The van der Waals surface area contributed by atoms with Crippen LogP contribution in [-0.4, -0.2) is 40.4 Å².